The van der Waals surface area contributed by atoms with Crippen LogP contribution in [0.25, 0.3) is 6.08 Å². The molecule has 1 amide bonds. The maximum Gasteiger partial charge on any atom is 0.248 e. The fraction of sp³-hybridized carbons (Fsp3) is 0.250. The molecule has 0 aliphatic rings. The largest absolute Gasteiger partial charge is 0.323 e. The summed E-state index contributed by atoms with van der Waals surface area (Å²) in [5.74, 6) is 0.433. The Bertz CT molecular complexity index is 638. The van der Waals surface area contributed by atoms with Crippen LogP contribution in [0.3, 0.4) is 0 Å². The Hall–Kier alpha value is -2.35. The summed E-state index contributed by atoms with van der Waals surface area (Å²) in [7, 11) is 0. The van der Waals surface area contributed by atoms with E-state index in [-0.39, 0.29) is 5.91 Å². The van der Waals surface area contributed by atoms with Crippen molar-refractivity contribution in [2.45, 2.75) is 33.1 Å². The topological polar surface area (TPSA) is 29.1 Å². The molecule has 2 aromatic rings. The van der Waals surface area contributed by atoms with Crippen molar-refractivity contribution in [1.29, 1.82) is 0 Å². The van der Waals surface area contributed by atoms with Gasteiger partial charge in [0, 0.05) is 11.8 Å². The molecule has 0 aliphatic carbocycles. The third kappa shape index (κ3) is 4.59. The summed E-state index contributed by atoms with van der Waals surface area (Å²) >= 11 is 0. The second-order valence-corrected chi connectivity index (χ2v) is 5.66. The normalized spacial score (nSPS) is 12.3. The fourth-order valence-corrected chi connectivity index (χ4v) is 2.16. The Balaban J connectivity index is 1.95. The number of nitrogens with one attached hydrogen (secondary N) is 1. The van der Waals surface area contributed by atoms with Crippen molar-refractivity contribution < 1.29 is 4.79 Å². The first kappa shape index (κ1) is 16.0. The smallest absolute Gasteiger partial charge is 0.248 e. The van der Waals surface area contributed by atoms with Gasteiger partial charge in [0.25, 0.3) is 0 Å². The highest BCUT2D eigenvalue weighted by atomic mass is 16.1. The zero-order valence-corrected chi connectivity index (χ0v) is 13.5. The molecule has 0 radical (unpaired) electrons. The van der Waals surface area contributed by atoms with Crippen LogP contribution in [0.2, 0.25) is 0 Å². The molecule has 114 valence electrons. The first-order valence-corrected chi connectivity index (χ1v) is 7.74. The van der Waals surface area contributed by atoms with Crippen LogP contribution in [0.15, 0.2) is 54.6 Å². The minimum atomic E-state index is -0.114. The van der Waals surface area contributed by atoms with Crippen molar-refractivity contribution >= 4 is 17.7 Å². The highest BCUT2D eigenvalue weighted by molar-refractivity contribution is 6.01. The fourth-order valence-electron chi connectivity index (χ4n) is 2.16. The summed E-state index contributed by atoms with van der Waals surface area (Å²) in [5, 5.41) is 2.88. The van der Waals surface area contributed by atoms with Gasteiger partial charge >= 0.3 is 0 Å². The quantitative estimate of drug-likeness (QED) is 0.758. The molecule has 0 spiro atoms. The Kier molecular flexibility index (Phi) is 5.54. The van der Waals surface area contributed by atoms with Crippen molar-refractivity contribution in [3.05, 3.63) is 71.3 Å². The number of carbonyl (C=O) groups excluding carboxylic acids is 1. The summed E-state index contributed by atoms with van der Waals surface area (Å²) in [4.78, 5) is 11.9. The Morgan fingerprint density at radius 3 is 2.32 bits per heavy atom. The first-order chi connectivity index (χ1) is 10.6. The van der Waals surface area contributed by atoms with Crippen LogP contribution in [0.1, 0.15) is 42.9 Å². The van der Waals surface area contributed by atoms with E-state index < -0.39 is 0 Å². The number of carbonyl (C=O) groups is 1. The molecule has 22 heavy (non-hydrogen) atoms. The highest BCUT2D eigenvalue weighted by Gasteiger charge is 2.03. The van der Waals surface area contributed by atoms with Crippen molar-refractivity contribution in [2.24, 2.45) is 0 Å². The number of hydrogen-bond acceptors (Lipinski definition) is 1. The molecule has 2 aromatic carbocycles. The van der Waals surface area contributed by atoms with E-state index in [0.29, 0.717) is 5.92 Å². The van der Waals surface area contributed by atoms with Gasteiger partial charge in [-0.1, -0.05) is 55.8 Å². The van der Waals surface area contributed by atoms with Crippen molar-refractivity contribution in [1.82, 2.24) is 0 Å². The van der Waals surface area contributed by atoms with Crippen molar-refractivity contribution in [3.8, 4) is 0 Å². The van der Waals surface area contributed by atoms with E-state index in [4.69, 9.17) is 0 Å². The SMILES string of the molecule is CC[C@@H](C)c1ccc(NC(=O)/C=C\c2ccc(C)cc2)cc1. The monoisotopic (exact) mass is 293 g/mol. The van der Waals surface area contributed by atoms with E-state index in [1.165, 1.54) is 11.1 Å². The molecular weight excluding hydrogens is 270 g/mol. The van der Waals surface area contributed by atoms with Crippen LogP contribution in [-0.2, 0) is 4.79 Å². The van der Waals surface area contributed by atoms with Crippen LogP contribution >= 0.6 is 0 Å². The Morgan fingerprint density at radius 2 is 1.73 bits per heavy atom. The lowest BCUT2D eigenvalue weighted by molar-refractivity contribution is -0.111. The van der Waals surface area contributed by atoms with Gasteiger partial charge in [0.2, 0.25) is 5.91 Å². The molecule has 2 nitrogen and oxygen atoms in total. The molecule has 1 atom stereocenters. The van der Waals surface area contributed by atoms with Crippen LogP contribution < -0.4 is 5.32 Å². The zero-order chi connectivity index (χ0) is 15.9. The van der Waals surface area contributed by atoms with Gasteiger partial charge in [-0.25, -0.2) is 0 Å². The predicted octanol–water partition coefficient (Wildman–Crippen LogP) is 5.16. The summed E-state index contributed by atoms with van der Waals surface area (Å²) in [6.07, 6.45) is 4.50. The summed E-state index contributed by atoms with van der Waals surface area (Å²) in [6, 6.07) is 16.1. The van der Waals surface area contributed by atoms with Gasteiger partial charge in [0.15, 0.2) is 0 Å². The third-order valence-corrected chi connectivity index (χ3v) is 3.86. The average molecular weight is 293 g/mol. The van der Waals surface area contributed by atoms with Crippen LogP contribution in [-0.4, -0.2) is 5.91 Å². The van der Waals surface area contributed by atoms with E-state index in [2.05, 4.69) is 31.3 Å². The molecule has 0 saturated heterocycles. The molecule has 1 N–H and O–H groups in total. The first-order valence-electron chi connectivity index (χ1n) is 7.74. The second-order valence-electron chi connectivity index (χ2n) is 5.66. The lowest BCUT2D eigenvalue weighted by Crippen LogP contribution is -2.07. The van der Waals surface area contributed by atoms with E-state index in [1.54, 1.807) is 6.08 Å². The molecular formula is C20H23NO. The van der Waals surface area contributed by atoms with E-state index in [9.17, 15) is 4.79 Å². The van der Waals surface area contributed by atoms with Gasteiger partial charge in [-0.3, -0.25) is 4.79 Å². The van der Waals surface area contributed by atoms with Crippen LogP contribution in [0, 0.1) is 6.92 Å². The molecule has 0 bridgehead atoms. The van der Waals surface area contributed by atoms with Crippen LogP contribution in [0.5, 0.6) is 0 Å². The number of rotatable bonds is 5. The molecule has 0 unspecified atom stereocenters. The summed E-state index contributed by atoms with van der Waals surface area (Å²) in [5.41, 5.74) is 4.36. The Morgan fingerprint density at radius 1 is 1.09 bits per heavy atom. The van der Waals surface area contributed by atoms with E-state index in [0.717, 1.165) is 17.7 Å². The lowest BCUT2D eigenvalue weighted by atomic mass is 9.99. The van der Waals surface area contributed by atoms with Gasteiger partial charge in [-0.15, -0.1) is 0 Å². The van der Waals surface area contributed by atoms with Gasteiger partial charge in [-0.2, -0.15) is 0 Å². The molecule has 2 heteroatoms. The minimum absolute atomic E-state index is 0.114. The van der Waals surface area contributed by atoms with Gasteiger partial charge < -0.3 is 5.32 Å². The average Bonchev–Trinajstić information content (AvgIpc) is 2.54. The van der Waals surface area contributed by atoms with Gasteiger partial charge in [-0.05, 0) is 48.6 Å². The number of amides is 1. The molecule has 0 aromatic heterocycles. The maximum absolute atomic E-state index is 11.9. The summed E-state index contributed by atoms with van der Waals surface area (Å²) < 4.78 is 0. The molecule has 0 heterocycles. The van der Waals surface area contributed by atoms with Gasteiger partial charge in [0.1, 0.15) is 0 Å². The van der Waals surface area contributed by atoms with E-state index >= 15 is 0 Å². The standard InChI is InChI=1S/C20H23NO/c1-4-16(3)18-10-12-19(13-11-18)21-20(22)14-9-17-7-5-15(2)6-8-17/h5-14,16H,4H2,1-3H3,(H,21,22)/b14-9-/t16-/m1/s1. The Labute approximate surface area is 132 Å². The third-order valence-electron chi connectivity index (χ3n) is 3.86. The number of benzene rings is 2. The predicted molar refractivity (Wildman–Crippen MR) is 94.0 cm³/mol. The maximum atomic E-state index is 11.9. The molecule has 0 saturated carbocycles. The lowest BCUT2D eigenvalue weighted by Gasteiger charge is -2.09. The minimum Gasteiger partial charge on any atom is -0.323 e. The zero-order valence-electron chi connectivity index (χ0n) is 13.5. The molecule has 0 fully saturated rings. The second kappa shape index (κ2) is 7.60. The van der Waals surface area contributed by atoms with Crippen molar-refractivity contribution in [2.75, 3.05) is 5.32 Å². The number of anilines is 1. The van der Waals surface area contributed by atoms with Gasteiger partial charge in [0.05, 0.1) is 0 Å². The van der Waals surface area contributed by atoms with Crippen LogP contribution in [0.4, 0.5) is 5.69 Å². The van der Waals surface area contributed by atoms with Crippen molar-refractivity contribution in [3.63, 3.8) is 0 Å². The highest BCUT2D eigenvalue weighted by Crippen LogP contribution is 2.20. The number of hydrogen-bond donors (Lipinski definition) is 1. The number of aryl methyl sites for hydroxylation is 1. The van der Waals surface area contributed by atoms with E-state index in [1.807, 2.05) is 49.4 Å². The molecule has 0 aliphatic heterocycles. The molecule has 2 rings (SSSR count). The summed E-state index contributed by atoms with van der Waals surface area (Å²) in [6.45, 7) is 6.43.